The Morgan fingerprint density at radius 3 is 2.55 bits per heavy atom. The first-order valence-electron chi connectivity index (χ1n) is 9.68. The Bertz CT molecular complexity index is 768. The second kappa shape index (κ2) is 12.0. The van der Waals surface area contributed by atoms with Crippen LogP contribution in [0.15, 0.2) is 59.6 Å². The van der Waals surface area contributed by atoms with E-state index in [4.69, 9.17) is 9.47 Å². The number of rotatable bonds is 7. The zero-order valence-corrected chi connectivity index (χ0v) is 19.0. The molecule has 0 atom stereocenters. The molecule has 0 unspecified atom stereocenters. The molecule has 3 rings (SSSR count). The van der Waals surface area contributed by atoms with Crippen molar-refractivity contribution in [2.75, 3.05) is 40.0 Å². The molecule has 0 spiro atoms. The summed E-state index contributed by atoms with van der Waals surface area (Å²) < 4.78 is 25.0. The van der Waals surface area contributed by atoms with Crippen LogP contribution in [0.2, 0.25) is 0 Å². The summed E-state index contributed by atoms with van der Waals surface area (Å²) in [4.78, 5) is 4.29. The number of ether oxygens (including phenoxy) is 2. The highest BCUT2D eigenvalue weighted by atomic mass is 127. The van der Waals surface area contributed by atoms with Crippen LogP contribution in [0.1, 0.15) is 18.4 Å². The van der Waals surface area contributed by atoms with E-state index in [1.807, 2.05) is 36.4 Å². The van der Waals surface area contributed by atoms with Crippen molar-refractivity contribution in [2.24, 2.45) is 4.99 Å². The average Bonchev–Trinajstić information content (AvgIpc) is 2.74. The molecule has 0 amide bonds. The Balaban J connectivity index is 0.00000300. The van der Waals surface area contributed by atoms with Gasteiger partial charge in [-0.05, 0) is 42.7 Å². The first-order chi connectivity index (χ1) is 13.7. The van der Waals surface area contributed by atoms with Gasteiger partial charge in [0.15, 0.2) is 5.96 Å². The van der Waals surface area contributed by atoms with Crippen LogP contribution in [0.4, 0.5) is 4.39 Å². The van der Waals surface area contributed by atoms with Gasteiger partial charge >= 0.3 is 0 Å². The third kappa shape index (κ3) is 6.85. The van der Waals surface area contributed by atoms with E-state index in [2.05, 4.69) is 15.6 Å². The molecule has 29 heavy (non-hydrogen) atoms. The summed E-state index contributed by atoms with van der Waals surface area (Å²) >= 11 is 0. The normalized spacial score (nSPS) is 15.9. The maximum absolute atomic E-state index is 13.8. The molecule has 1 fully saturated rings. The van der Waals surface area contributed by atoms with Crippen molar-refractivity contribution < 1.29 is 13.9 Å². The van der Waals surface area contributed by atoms with E-state index >= 15 is 0 Å². The van der Waals surface area contributed by atoms with Gasteiger partial charge in [0.25, 0.3) is 0 Å². The minimum absolute atomic E-state index is 0. The standard InChI is InChI=1S/C22H28FN3O2.HI/c1-24-21(25-12-15-28-20-8-3-2-4-9-20)26-17-22(10-13-27-14-11-22)18-6-5-7-19(23)16-18;/h2-9,16H,10-15,17H2,1H3,(H2,24,25,26);1H. The second-order valence-electron chi connectivity index (χ2n) is 6.92. The molecule has 2 N–H and O–H groups in total. The predicted octanol–water partition coefficient (Wildman–Crippen LogP) is 3.74. The molecule has 7 heteroatoms. The molecule has 1 aliphatic rings. The summed E-state index contributed by atoms with van der Waals surface area (Å²) in [7, 11) is 1.74. The molecule has 2 aromatic carbocycles. The summed E-state index contributed by atoms with van der Waals surface area (Å²) in [5, 5.41) is 6.67. The molecule has 5 nitrogen and oxygen atoms in total. The monoisotopic (exact) mass is 513 g/mol. The van der Waals surface area contributed by atoms with Gasteiger partial charge in [0.1, 0.15) is 18.2 Å². The fourth-order valence-corrected chi connectivity index (χ4v) is 3.48. The fraction of sp³-hybridized carbons (Fsp3) is 0.409. The molecule has 0 bridgehead atoms. The molecular formula is C22H29FIN3O2. The third-order valence-electron chi connectivity index (χ3n) is 5.11. The maximum Gasteiger partial charge on any atom is 0.191 e. The van der Waals surface area contributed by atoms with Gasteiger partial charge in [-0.15, -0.1) is 24.0 Å². The summed E-state index contributed by atoms with van der Waals surface area (Å²) in [5.41, 5.74) is 0.838. The first kappa shape index (κ1) is 23.4. The molecule has 158 valence electrons. The number of benzene rings is 2. The van der Waals surface area contributed by atoms with Crippen molar-refractivity contribution in [3.05, 3.63) is 66.0 Å². The summed E-state index contributed by atoms with van der Waals surface area (Å²) in [6.45, 7) is 3.18. The number of nitrogens with one attached hydrogen (secondary N) is 2. The Morgan fingerprint density at radius 2 is 1.86 bits per heavy atom. The van der Waals surface area contributed by atoms with E-state index in [0.717, 1.165) is 24.2 Å². The highest BCUT2D eigenvalue weighted by Crippen LogP contribution is 2.34. The van der Waals surface area contributed by atoms with Gasteiger partial charge < -0.3 is 20.1 Å². The van der Waals surface area contributed by atoms with E-state index in [1.54, 1.807) is 19.2 Å². The predicted molar refractivity (Wildman–Crippen MR) is 125 cm³/mol. The summed E-state index contributed by atoms with van der Waals surface area (Å²) in [5.74, 6) is 1.35. The average molecular weight is 513 g/mol. The number of para-hydroxylation sites is 1. The Kier molecular flexibility index (Phi) is 9.66. The van der Waals surface area contributed by atoms with Gasteiger partial charge in [-0.2, -0.15) is 0 Å². The molecule has 0 aromatic heterocycles. The number of nitrogens with zero attached hydrogens (tertiary/aromatic N) is 1. The lowest BCUT2D eigenvalue weighted by atomic mass is 9.74. The van der Waals surface area contributed by atoms with Gasteiger partial charge in [-0.25, -0.2) is 4.39 Å². The van der Waals surface area contributed by atoms with Crippen LogP contribution in [-0.2, 0) is 10.2 Å². The molecule has 0 saturated carbocycles. The fourth-order valence-electron chi connectivity index (χ4n) is 3.48. The van der Waals surface area contributed by atoms with Gasteiger partial charge in [0.05, 0.1) is 6.54 Å². The van der Waals surface area contributed by atoms with E-state index in [1.165, 1.54) is 6.07 Å². The topological polar surface area (TPSA) is 54.9 Å². The van der Waals surface area contributed by atoms with Crippen molar-refractivity contribution in [3.63, 3.8) is 0 Å². The lowest BCUT2D eigenvalue weighted by Crippen LogP contribution is -2.48. The smallest absolute Gasteiger partial charge is 0.191 e. The van der Waals surface area contributed by atoms with E-state index < -0.39 is 0 Å². The molecule has 0 aliphatic carbocycles. The maximum atomic E-state index is 13.8. The molecule has 1 aliphatic heterocycles. The van der Waals surface area contributed by atoms with Crippen molar-refractivity contribution in [2.45, 2.75) is 18.3 Å². The molecule has 1 heterocycles. The number of aliphatic imine (C=N–C) groups is 1. The SMILES string of the molecule is CN=C(NCCOc1ccccc1)NCC1(c2cccc(F)c2)CCOCC1.I. The minimum atomic E-state index is -0.205. The van der Waals surface area contributed by atoms with Crippen LogP contribution in [-0.4, -0.2) is 45.9 Å². The molecule has 0 radical (unpaired) electrons. The van der Waals surface area contributed by atoms with Crippen LogP contribution in [0, 0.1) is 5.82 Å². The van der Waals surface area contributed by atoms with Crippen molar-refractivity contribution in [3.8, 4) is 5.75 Å². The van der Waals surface area contributed by atoms with E-state index in [9.17, 15) is 4.39 Å². The van der Waals surface area contributed by atoms with Crippen LogP contribution < -0.4 is 15.4 Å². The van der Waals surface area contributed by atoms with Crippen LogP contribution >= 0.6 is 24.0 Å². The van der Waals surface area contributed by atoms with Crippen molar-refractivity contribution >= 4 is 29.9 Å². The number of hydrogen-bond acceptors (Lipinski definition) is 3. The number of hydrogen-bond donors (Lipinski definition) is 2. The Hall–Kier alpha value is -1.87. The van der Waals surface area contributed by atoms with Crippen LogP contribution in [0.5, 0.6) is 5.75 Å². The summed E-state index contributed by atoms with van der Waals surface area (Å²) in [6.07, 6.45) is 1.69. The Morgan fingerprint density at radius 1 is 1.10 bits per heavy atom. The highest BCUT2D eigenvalue weighted by molar-refractivity contribution is 14.0. The minimum Gasteiger partial charge on any atom is -0.492 e. The van der Waals surface area contributed by atoms with Gasteiger partial charge in [0, 0.05) is 32.2 Å². The van der Waals surface area contributed by atoms with Crippen LogP contribution in [0.25, 0.3) is 0 Å². The lowest BCUT2D eigenvalue weighted by Gasteiger charge is -2.38. The first-order valence-corrected chi connectivity index (χ1v) is 9.68. The van der Waals surface area contributed by atoms with Crippen LogP contribution in [0.3, 0.4) is 0 Å². The van der Waals surface area contributed by atoms with E-state index in [0.29, 0.717) is 38.9 Å². The molecule has 2 aromatic rings. The molecular weight excluding hydrogens is 484 g/mol. The number of guanidine groups is 1. The second-order valence-corrected chi connectivity index (χ2v) is 6.92. The van der Waals surface area contributed by atoms with Crippen molar-refractivity contribution in [1.29, 1.82) is 0 Å². The number of halogens is 2. The van der Waals surface area contributed by atoms with E-state index in [-0.39, 0.29) is 35.2 Å². The van der Waals surface area contributed by atoms with Crippen molar-refractivity contribution in [1.82, 2.24) is 10.6 Å². The van der Waals surface area contributed by atoms with Gasteiger partial charge in [0.2, 0.25) is 0 Å². The lowest BCUT2D eigenvalue weighted by molar-refractivity contribution is 0.0513. The largest absolute Gasteiger partial charge is 0.492 e. The van der Waals surface area contributed by atoms with Gasteiger partial charge in [-0.1, -0.05) is 30.3 Å². The zero-order valence-electron chi connectivity index (χ0n) is 16.7. The molecule has 1 saturated heterocycles. The Labute approximate surface area is 189 Å². The summed E-state index contributed by atoms with van der Waals surface area (Å²) in [6, 6.07) is 16.6. The third-order valence-corrected chi connectivity index (χ3v) is 5.11. The zero-order chi connectivity index (χ0) is 19.7. The quantitative estimate of drug-likeness (QED) is 0.257. The highest BCUT2D eigenvalue weighted by Gasteiger charge is 2.34. The van der Waals surface area contributed by atoms with Gasteiger partial charge in [-0.3, -0.25) is 4.99 Å².